The van der Waals surface area contributed by atoms with Crippen LogP contribution in [0.2, 0.25) is 33.6 Å². The predicted molar refractivity (Wildman–Crippen MR) is 48.9 cm³/mol. The number of hydrogen-bond acceptors (Lipinski definition) is 0. The minimum absolute atomic E-state index is 0.660. The second-order valence-electron chi connectivity index (χ2n) is 3.41. The van der Waals surface area contributed by atoms with Crippen LogP contribution in [0.1, 0.15) is 0 Å². The van der Waals surface area contributed by atoms with Crippen LogP contribution in [0.25, 0.3) is 0 Å². The first-order valence-corrected chi connectivity index (χ1v) is 3.71. The molecule has 0 unspecified atom stereocenters. The smallest absolute Gasteiger partial charge is 0.116 e. The molecule has 0 aliphatic heterocycles. The van der Waals surface area contributed by atoms with Gasteiger partial charge in [-0.1, -0.05) is 33.6 Å². The molecular formula is C7H16B2. The summed E-state index contributed by atoms with van der Waals surface area (Å²) >= 11 is 0. The van der Waals surface area contributed by atoms with Crippen molar-refractivity contribution in [2.75, 3.05) is 0 Å². The Morgan fingerprint density at radius 2 is 1.67 bits per heavy atom. The SMILES string of the molecule is C=C(CB(C)C)B(C)C. The normalized spacial score (nSPS) is 8.89. The number of rotatable bonds is 3. The third-order valence-electron chi connectivity index (χ3n) is 1.49. The van der Waals surface area contributed by atoms with E-state index in [0.29, 0.717) is 6.71 Å². The number of allylic oxidation sites excluding steroid dienone is 1. The van der Waals surface area contributed by atoms with Crippen molar-refractivity contribution >= 4 is 13.4 Å². The lowest BCUT2D eigenvalue weighted by Gasteiger charge is -2.06. The van der Waals surface area contributed by atoms with Crippen LogP contribution in [-0.2, 0) is 0 Å². The summed E-state index contributed by atoms with van der Waals surface area (Å²) in [5.41, 5.74) is 1.38. The second kappa shape index (κ2) is 3.81. The van der Waals surface area contributed by atoms with Crippen molar-refractivity contribution in [3.8, 4) is 0 Å². The highest BCUT2D eigenvalue weighted by Crippen LogP contribution is 2.06. The zero-order valence-corrected chi connectivity index (χ0v) is 7.07. The van der Waals surface area contributed by atoms with Gasteiger partial charge in [0.05, 0.1) is 0 Å². The van der Waals surface area contributed by atoms with Crippen molar-refractivity contribution in [3.63, 3.8) is 0 Å². The molecular weight excluding hydrogens is 106 g/mol. The summed E-state index contributed by atoms with van der Waals surface area (Å²) in [7, 11) is 0. The molecule has 0 nitrogen and oxygen atoms in total. The van der Waals surface area contributed by atoms with Gasteiger partial charge in [0.25, 0.3) is 0 Å². The Kier molecular flexibility index (Phi) is 3.76. The molecule has 2 heteroatoms. The second-order valence-corrected chi connectivity index (χ2v) is 3.41. The van der Waals surface area contributed by atoms with Gasteiger partial charge in [0, 0.05) is 0 Å². The molecule has 0 fully saturated rings. The van der Waals surface area contributed by atoms with E-state index in [-0.39, 0.29) is 0 Å². The molecule has 0 amide bonds. The Labute approximate surface area is 59.9 Å². The Morgan fingerprint density at radius 1 is 1.22 bits per heavy atom. The maximum Gasteiger partial charge on any atom is 0.162 e. The summed E-state index contributed by atoms with van der Waals surface area (Å²) < 4.78 is 0. The van der Waals surface area contributed by atoms with Crippen LogP contribution in [0.15, 0.2) is 12.1 Å². The van der Waals surface area contributed by atoms with E-state index >= 15 is 0 Å². The molecule has 0 aromatic carbocycles. The van der Waals surface area contributed by atoms with Crippen LogP contribution in [-0.4, -0.2) is 13.4 Å². The average molecular weight is 122 g/mol. The van der Waals surface area contributed by atoms with Crippen LogP contribution in [0.3, 0.4) is 0 Å². The molecule has 0 heterocycles. The summed E-state index contributed by atoms with van der Waals surface area (Å²) in [4.78, 5) is 0. The third-order valence-corrected chi connectivity index (χ3v) is 1.49. The molecule has 0 radical (unpaired) electrons. The Morgan fingerprint density at radius 3 is 1.78 bits per heavy atom. The monoisotopic (exact) mass is 122 g/mol. The van der Waals surface area contributed by atoms with Gasteiger partial charge < -0.3 is 0 Å². The fraction of sp³-hybridized carbons (Fsp3) is 0.714. The largest absolute Gasteiger partial charge is 0.162 e. The van der Waals surface area contributed by atoms with Crippen molar-refractivity contribution in [2.45, 2.75) is 33.6 Å². The molecule has 0 aliphatic rings. The van der Waals surface area contributed by atoms with E-state index < -0.39 is 0 Å². The van der Waals surface area contributed by atoms with Crippen LogP contribution in [0.4, 0.5) is 0 Å². The maximum absolute atomic E-state index is 3.99. The summed E-state index contributed by atoms with van der Waals surface area (Å²) in [5, 5.41) is 0. The van der Waals surface area contributed by atoms with Gasteiger partial charge in [0.2, 0.25) is 0 Å². The highest BCUT2D eigenvalue weighted by atomic mass is 13.7. The number of hydrogen-bond donors (Lipinski definition) is 0. The van der Waals surface area contributed by atoms with Gasteiger partial charge >= 0.3 is 0 Å². The van der Waals surface area contributed by atoms with E-state index in [1.54, 1.807) is 0 Å². The first-order chi connectivity index (χ1) is 4.04. The van der Waals surface area contributed by atoms with Crippen molar-refractivity contribution in [1.82, 2.24) is 0 Å². The first kappa shape index (κ1) is 8.87. The molecule has 0 rings (SSSR count). The van der Waals surface area contributed by atoms with Gasteiger partial charge in [-0.05, 0) is 0 Å². The molecule has 0 aromatic heterocycles. The van der Waals surface area contributed by atoms with Gasteiger partial charge in [-0.2, -0.15) is 0 Å². The summed E-state index contributed by atoms with van der Waals surface area (Å²) in [6.07, 6.45) is 1.18. The lowest BCUT2D eigenvalue weighted by atomic mass is 9.39. The fourth-order valence-electron chi connectivity index (χ4n) is 0.760. The van der Waals surface area contributed by atoms with E-state index in [4.69, 9.17) is 0 Å². The molecule has 0 aliphatic carbocycles. The van der Waals surface area contributed by atoms with Gasteiger partial charge in [-0.15, -0.1) is 12.1 Å². The lowest BCUT2D eigenvalue weighted by molar-refractivity contribution is 1.54. The van der Waals surface area contributed by atoms with Crippen molar-refractivity contribution < 1.29 is 0 Å². The molecule has 0 N–H and O–H groups in total. The predicted octanol–water partition coefficient (Wildman–Crippen LogP) is 2.59. The summed E-state index contributed by atoms with van der Waals surface area (Å²) in [5.74, 6) is 0. The summed E-state index contributed by atoms with van der Waals surface area (Å²) in [6.45, 7) is 14.3. The molecule has 50 valence electrons. The highest BCUT2D eigenvalue weighted by Gasteiger charge is 2.06. The van der Waals surface area contributed by atoms with Crippen molar-refractivity contribution in [1.29, 1.82) is 0 Å². The van der Waals surface area contributed by atoms with Gasteiger partial charge in [0.15, 0.2) is 6.71 Å². The van der Waals surface area contributed by atoms with Crippen LogP contribution in [0.5, 0.6) is 0 Å². The first-order valence-electron chi connectivity index (χ1n) is 3.71. The lowest BCUT2D eigenvalue weighted by Crippen LogP contribution is -2.10. The van der Waals surface area contributed by atoms with E-state index in [1.165, 1.54) is 11.8 Å². The zero-order chi connectivity index (χ0) is 7.44. The van der Waals surface area contributed by atoms with Crippen LogP contribution < -0.4 is 0 Å². The average Bonchev–Trinajstić information content (AvgIpc) is 1.63. The topological polar surface area (TPSA) is 0 Å². The molecule has 9 heavy (non-hydrogen) atoms. The maximum atomic E-state index is 3.99. The van der Waals surface area contributed by atoms with E-state index in [0.717, 1.165) is 6.71 Å². The standard InChI is InChI=1S/C7H16B2/c1-7(9(4)5)6-8(2)3/h1,6H2,2-5H3. The zero-order valence-electron chi connectivity index (χ0n) is 7.07. The minimum Gasteiger partial charge on any atom is -0.116 e. The van der Waals surface area contributed by atoms with Gasteiger partial charge in [0.1, 0.15) is 6.71 Å². The molecule has 0 saturated carbocycles. The van der Waals surface area contributed by atoms with E-state index in [9.17, 15) is 0 Å². The van der Waals surface area contributed by atoms with Gasteiger partial charge in [-0.3, -0.25) is 0 Å². The minimum atomic E-state index is 0.660. The van der Waals surface area contributed by atoms with E-state index in [2.05, 4.69) is 33.9 Å². The Balaban J connectivity index is 3.51. The highest BCUT2D eigenvalue weighted by molar-refractivity contribution is 6.68. The van der Waals surface area contributed by atoms with Crippen LogP contribution >= 0.6 is 0 Å². The Hall–Kier alpha value is -0.130. The fourth-order valence-corrected chi connectivity index (χ4v) is 0.760. The van der Waals surface area contributed by atoms with E-state index in [1.807, 2.05) is 0 Å². The quantitative estimate of drug-likeness (QED) is 0.504. The van der Waals surface area contributed by atoms with Crippen molar-refractivity contribution in [3.05, 3.63) is 12.1 Å². The molecule has 0 saturated heterocycles. The molecule has 0 bridgehead atoms. The molecule has 0 spiro atoms. The van der Waals surface area contributed by atoms with Crippen molar-refractivity contribution in [2.24, 2.45) is 0 Å². The molecule has 0 atom stereocenters. The third kappa shape index (κ3) is 4.38. The Bertz CT molecular complexity index is 95.1. The molecule has 0 aromatic rings. The summed E-state index contributed by atoms with van der Waals surface area (Å²) in [6, 6.07) is 0. The van der Waals surface area contributed by atoms with Crippen LogP contribution in [0, 0.1) is 0 Å². The van der Waals surface area contributed by atoms with Gasteiger partial charge in [-0.25, -0.2) is 0 Å².